The zero-order chi connectivity index (χ0) is 13.1. The second kappa shape index (κ2) is 5.52. The Morgan fingerprint density at radius 1 is 1.50 bits per heavy atom. The van der Waals surface area contributed by atoms with Crippen LogP contribution in [0, 0.1) is 5.92 Å². The highest BCUT2D eigenvalue weighted by molar-refractivity contribution is 7.10. The van der Waals surface area contributed by atoms with E-state index in [2.05, 4.69) is 0 Å². The molecule has 0 aliphatic carbocycles. The Balaban J connectivity index is 2.01. The molecule has 1 fully saturated rings. The van der Waals surface area contributed by atoms with Gasteiger partial charge in [0.15, 0.2) is 0 Å². The van der Waals surface area contributed by atoms with Crippen molar-refractivity contribution in [2.24, 2.45) is 11.7 Å². The molecule has 2 amide bonds. The van der Waals surface area contributed by atoms with E-state index in [-0.39, 0.29) is 23.8 Å². The Bertz CT molecular complexity index is 430. The molecule has 1 aromatic heterocycles. The summed E-state index contributed by atoms with van der Waals surface area (Å²) in [6.45, 7) is 2.50. The quantitative estimate of drug-likeness (QED) is 0.899. The molecule has 18 heavy (non-hydrogen) atoms. The highest BCUT2D eigenvalue weighted by Crippen LogP contribution is 2.23. The molecule has 1 saturated heterocycles. The first kappa shape index (κ1) is 13.1. The second-order valence-corrected chi connectivity index (χ2v) is 5.86. The molecule has 0 aromatic carbocycles. The molecule has 98 valence electrons. The van der Waals surface area contributed by atoms with E-state index in [1.165, 1.54) is 0 Å². The van der Waals surface area contributed by atoms with Gasteiger partial charge in [0.1, 0.15) is 0 Å². The highest BCUT2D eigenvalue weighted by atomic mass is 32.1. The lowest BCUT2D eigenvalue weighted by atomic mass is 9.92. The first-order valence-corrected chi connectivity index (χ1v) is 7.07. The zero-order valence-corrected chi connectivity index (χ0v) is 11.3. The maximum atomic E-state index is 12.2. The van der Waals surface area contributed by atoms with E-state index in [1.54, 1.807) is 16.2 Å². The average Bonchev–Trinajstić information content (AvgIpc) is 2.81. The average molecular weight is 266 g/mol. The highest BCUT2D eigenvalue weighted by Gasteiger charge is 2.31. The summed E-state index contributed by atoms with van der Waals surface area (Å²) in [6, 6.07) is 4.11. The van der Waals surface area contributed by atoms with Gasteiger partial charge in [0, 0.05) is 17.5 Å². The molecular weight excluding hydrogens is 248 g/mol. The number of hydrogen-bond donors (Lipinski definition) is 1. The number of amides is 2. The number of rotatable bonds is 3. The van der Waals surface area contributed by atoms with E-state index in [9.17, 15) is 9.59 Å². The van der Waals surface area contributed by atoms with E-state index in [4.69, 9.17) is 5.73 Å². The van der Waals surface area contributed by atoms with Crippen molar-refractivity contribution in [3.8, 4) is 0 Å². The Morgan fingerprint density at radius 2 is 2.28 bits per heavy atom. The van der Waals surface area contributed by atoms with E-state index in [0.717, 1.165) is 17.7 Å². The molecule has 2 N–H and O–H groups in total. The van der Waals surface area contributed by atoms with Crippen molar-refractivity contribution in [1.82, 2.24) is 4.90 Å². The molecule has 1 aromatic rings. The van der Waals surface area contributed by atoms with Crippen LogP contribution in [0.3, 0.4) is 0 Å². The fourth-order valence-corrected chi connectivity index (χ4v) is 3.05. The fraction of sp³-hybridized carbons (Fsp3) is 0.538. The molecule has 1 aliphatic heterocycles. The molecule has 2 atom stereocenters. The Hall–Kier alpha value is -1.36. The van der Waals surface area contributed by atoms with Crippen LogP contribution in [0.25, 0.3) is 0 Å². The number of hydrogen-bond acceptors (Lipinski definition) is 3. The van der Waals surface area contributed by atoms with Crippen molar-refractivity contribution in [2.45, 2.75) is 32.2 Å². The van der Waals surface area contributed by atoms with Gasteiger partial charge in [0.25, 0.3) is 0 Å². The number of carbonyl (C=O) groups is 2. The summed E-state index contributed by atoms with van der Waals surface area (Å²) >= 11 is 1.58. The molecule has 2 heterocycles. The predicted octanol–water partition coefficient (Wildman–Crippen LogP) is 1.40. The third-order valence-electron chi connectivity index (χ3n) is 3.51. The molecule has 0 radical (unpaired) electrons. The minimum atomic E-state index is -0.296. The summed E-state index contributed by atoms with van der Waals surface area (Å²) in [5, 5.41) is 1.97. The third-order valence-corrected chi connectivity index (χ3v) is 4.39. The maximum absolute atomic E-state index is 12.2. The van der Waals surface area contributed by atoms with Crippen molar-refractivity contribution in [3.05, 3.63) is 22.4 Å². The molecule has 1 aliphatic rings. The number of primary amides is 1. The van der Waals surface area contributed by atoms with Crippen molar-refractivity contribution < 1.29 is 9.59 Å². The topological polar surface area (TPSA) is 63.4 Å². The second-order valence-electron chi connectivity index (χ2n) is 4.83. The maximum Gasteiger partial charge on any atom is 0.228 e. The van der Waals surface area contributed by atoms with Crippen LogP contribution < -0.4 is 5.73 Å². The molecule has 0 bridgehead atoms. The first-order chi connectivity index (χ1) is 8.58. The van der Waals surface area contributed by atoms with Gasteiger partial charge in [-0.2, -0.15) is 0 Å². The van der Waals surface area contributed by atoms with E-state index >= 15 is 0 Å². The Morgan fingerprint density at radius 3 is 2.89 bits per heavy atom. The summed E-state index contributed by atoms with van der Waals surface area (Å²) in [6.07, 6.45) is 2.07. The zero-order valence-electron chi connectivity index (χ0n) is 10.5. The van der Waals surface area contributed by atoms with Crippen LogP contribution in [0.2, 0.25) is 0 Å². The summed E-state index contributed by atoms with van der Waals surface area (Å²) < 4.78 is 0. The normalized spacial score (nSPS) is 23.9. The van der Waals surface area contributed by atoms with Gasteiger partial charge in [-0.1, -0.05) is 6.07 Å². The van der Waals surface area contributed by atoms with Gasteiger partial charge in [-0.15, -0.1) is 11.3 Å². The lowest BCUT2D eigenvalue weighted by molar-refractivity contribution is -0.136. The largest absolute Gasteiger partial charge is 0.369 e. The molecule has 5 heteroatoms. The number of nitrogens with zero attached hydrogens (tertiary/aromatic N) is 1. The van der Waals surface area contributed by atoms with Gasteiger partial charge in [0.2, 0.25) is 11.8 Å². The number of thiophene rings is 1. The van der Waals surface area contributed by atoms with Gasteiger partial charge in [-0.3, -0.25) is 9.59 Å². The van der Waals surface area contributed by atoms with Crippen LogP contribution in [0.1, 0.15) is 24.6 Å². The third kappa shape index (κ3) is 2.90. The van der Waals surface area contributed by atoms with E-state index < -0.39 is 0 Å². The summed E-state index contributed by atoms with van der Waals surface area (Å²) in [5.74, 6) is -0.389. The number of carbonyl (C=O) groups excluding carboxylic acids is 2. The van der Waals surface area contributed by atoms with Gasteiger partial charge in [-0.25, -0.2) is 0 Å². The van der Waals surface area contributed by atoms with E-state index in [1.807, 2.05) is 24.4 Å². The van der Waals surface area contributed by atoms with Crippen LogP contribution in [-0.2, 0) is 16.0 Å². The number of nitrogens with two attached hydrogens (primary N) is 1. The monoisotopic (exact) mass is 266 g/mol. The lowest BCUT2D eigenvalue weighted by Gasteiger charge is -2.36. The Labute approximate surface area is 111 Å². The van der Waals surface area contributed by atoms with Crippen LogP contribution >= 0.6 is 11.3 Å². The van der Waals surface area contributed by atoms with Crippen molar-refractivity contribution in [2.75, 3.05) is 6.54 Å². The first-order valence-electron chi connectivity index (χ1n) is 6.19. The van der Waals surface area contributed by atoms with E-state index in [0.29, 0.717) is 13.0 Å². The minimum absolute atomic E-state index is 0.0934. The molecule has 0 saturated carbocycles. The molecule has 2 rings (SSSR count). The number of piperidine rings is 1. The molecule has 4 nitrogen and oxygen atoms in total. The van der Waals surface area contributed by atoms with Gasteiger partial charge < -0.3 is 10.6 Å². The summed E-state index contributed by atoms with van der Waals surface area (Å²) in [4.78, 5) is 26.3. The number of likely N-dealkylation sites (tertiary alicyclic amines) is 1. The van der Waals surface area contributed by atoms with Crippen LogP contribution in [0.5, 0.6) is 0 Å². The van der Waals surface area contributed by atoms with Gasteiger partial charge >= 0.3 is 0 Å². The Kier molecular flexibility index (Phi) is 4.01. The summed E-state index contributed by atoms with van der Waals surface area (Å²) in [7, 11) is 0. The lowest BCUT2D eigenvalue weighted by Crippen LogP contribution is -2.49. The SMILES string of the molecule is C[C@@H]1CC[C@@H](C(N)=O)CN1C(=O)Cc1cccs1. The molecule has 0 unspecified atom stereocenters. The van der Waals surface area contributed by atoms with Crippen molar-refractivity contribution >= 4 is 23.2 Å². The smallest absolute Gasteiger partial charge is 0.228 e. The molecule has 0 spiro atoms. The van der Waals surface area contributed by atoms with Crippen molar-refractivity contribution in [3.63, 3.8) is 0 Å². The van der Waals surface area contributed by atoms with Crippen LogP contribution in [0.15, 0.2) is 17.5 Å². The minimum Gasteiger partial charge on any atom is -0.369 e. The van der Waals surface area contributed by atoms with Crippen LogP contribution in [0.4, 0.5) is 0 Å². The summed E-state index contributed by atoms with van der Waals surface area (Å²) in [5.41, 5.74) is 5.34. The molecular formula is C13H18N2O2S. The fourth-order valence-electron chi connectivity index (χ4n) is 2.35. The van der Waals surface area contributed by atoms with Gasteiger partial charge in [0.05, 0.1) is 12.3 Å². The predicted molar refractivity (Wildman–Crippen MR) is 71.1 cm³/mol. The van der Waals surface area contributed by atoms with Gasteiger partial charge in [-0.05, 0) is 31.2 Å². The van der Waals surface area contributed by atoms with Crippen molar-refractivity contribution in [1.29, 1.82) is 0 Å². The standard InChI is InChI=1S/C13H18N2O2S/c1-9-4-5-10(13(14)17)8-15(9)12(16)7-11-3-2-6-18-11/h2-3,6,9-10H,4-5,7-8H2,1H3,(H2,14,17)/t9-,10-/m1/s1. The van der Waals surface area contributed by atoms with Crippen LogP contribution in [-0.4, -0.2) is 29.3 Å².